The average molecular weight is 344 g/mol. The van der Waals surface area contributed by atoms with Crippen LogP contribution in [-0.2, 0) is 20.2 Å². The lowest BCUT2D eigenvalue weighted by Crippen LogP contribution is -2.51. The van der Waals surface area contributed by atoms with E-state index >= 15 is 0 Å². The van der Waals surface area contributed by atoms with E-state index in [9.17, 15) is 18.3 Å². The monoisotopic (exact) mass is 344 g/mol. The molecular weight excluding hydrogens is 320 g/mol. The Morgan fingerprint density at radius 2 is 1.78 bits per heavy atom. The zero-order valence-corrected chi connectivity index (χ0v) is 14.5. The van der Waals surface area contributed by atoms with Crippen molar-refractivity contribution in [2.75, 3.05) is 0 Å². The molecular formula is C15H24N2O5S. The van der Waals surface area contributed by atoms with Crippen molar-refractivity contribution >= 4 is 15.9 Å². The predicted octanol–water partition coefficient (Wildman–Crippen LogP) is 0.907. The van der Waals surface area contributed by atoms with Crippen LogP contribution in [0, 0.1) is 0 Å². The quantitative estimate of drug-likeness (QED) is 0.433. The van der Waals surface area contributed by atoms with Crippen LogP contribution in [0.4, 0.5) is 0 Å². The van der Waals surface area contributed by atoms with Gasteiger partial charge in [0.1, 0.15) is 6.04 Å². The summed E-state index contributed by atoms with van der Waals surface area (Å²) in [6, 6.07) is 4.86. The highest BCUT2D eigenvalue weighted by molar-refractivity contribution is 7.89. The maximum Gasteiger partial charge on any atom is 0.264 e. The first-order valence-corrected chi connectivity index (χ1v) is 8.78. The van der Waals surface area contributed by atoms with E-state index in [1.54, 1.807) is 12.1 Å². The molecule has 4 N–H and O–H groups in total. The number of hydrogen-bond acceptors (Lipinski definition) is 5. The van der Waals surface area contributed by atoms with Crippen LogP contribution in [0.2, 0.25) is 0 Å². The molecule has 0 aliphatic rings. The number of nitrogens with one attached hydrogen (secondary N) is 2. The van der Waals surface area contributed by atoms with E-state index in [0.717, 1.165) is 12.0 Å². The predicted molar refractivity (Wildman–Crippen MR) is 85.5 cm³/mol. The Morgan fingerprint density at radius 3 is 2.17 bits per heavy atom. The van der Waals surface area contributed by atoms with Gasteiger partial charge >= 0.3 is 0 Å². The van der Waals surface area contributed by atoms with Crippen LogP contribution in [0.15, 0.2) is 29.2 Å². The zero-order chi connectivity index (χ0) is 17.8. The number of hydrogen-bond donors (Lipinski definition) is 4. The zero-order valence-electron chi connectivity index (χ0n) is 13.7. The van der Waals surface area contributed by atoms with Crippen molar-refractivity contribution in [3.8, 4) is 0 Å². The van der Waals surface area contributed by atoms with Crippen molar-refractivity contribution < 1.29 is 23.5 Å². The fraction of sp³-hybridized carbons (Fsp3) is 0.533. The summed E-state index contributed by atoms with van der Waals surface area (Å²) in [5.41, 5.74) is 2.26. The highest BCUT2D eigenvalue weighted by Gasteiger charge is 2.29. The van der Waals surface area contributed by atoms with Gasteiger partial charge < -0.3 is 5.11 Å². The molecule has 0 bridgehead atoms. The standard InChI is InChI=1S/C15H24N2O5S/c1-5-15(3,4)11-6-8-12(9-7-11)23(21,22)17-13(10(2)18)14(19)16-20/h6-10,13,17-18,20H,5H2,1-4H3,(H,16,19). The van der Waals surface area contributed by atoms with Gasteiger partial charge in [-0.3, -0.25) is 10.0 Å². The van der Waals surface area contributed by atoms with Gasteiger partial charge in [0.05, 0.1) is 11.0 Å². The van der Waals surface area contributed by atoms with E-state index in [2.05, 4.69) is 18.6 Å². The minimum atomic E-state index is -4.01. The normalized spacial score (nSPS) is 15.0. The Bertz CT molecular complexity index is 638. The topological polar surface area (TPSA) is 116 Å². The minimum absolute atomic E-state index is 0.0236. The van der Waals surface area contributed by atoms with Crippen molar-refractivity contribution in [1.82, 2.24) is 10.2 Å². The molecule has 0 saturated carbocycles. The summed E-state index contributed by atoms with van der Waals surface area (Å²) in [6.07, 6.45) is -0.409. The molecule has 0 aliphatic heterocycles. The summed E-state index contributed by atoms with van der Waals surface area (Å²) < 4.78 is 26.7. The van der Waals surface area contributed by atoms with Crippen LogP contribution < -0.4 is 10.2 Å². The third-order valence-electron chi connectivity index (χ3n) is 3.99. The molecule has 2 atom stereocenters. The number of carbonyl (C=O) groups is 1. The second-order valence-corrected chi connectivity index (χ2v) is 7.79. The fourth-order valence-corrected chi connectivity index (χ4v) is 3.23. The van der Waals surface area contributed by atoms with Crippen LogP contribution in [-0.4, -0.2) is 36.8 Å². The molecule has 0 fully saturated rings. The number of benzene rings is 1. The number of aliphatic hydroxyl groups excluding tert-OH is 1. The van der Waals surface area contributed by atoms with Crippen molar-refractivity contribution in [3.05, 3.63) is 29.8 Å². The van der Waals surface area contributed by atoms with Crippen molar-refractivity contribution in [2.45, 2.75) is 56.6 Å². The Labute approximate surface area is 136 Å². The molecule has 0 aliphatic carbocycles. The molecule has 0 aromatic heterocycles. The third kappa shape index (κ3) is 4.74. The molecule has 7 nitrogen and oxygen atoms in total. The molecule has 8 heteroatoms. The molecule has 1 rings (SSSR count). The van der Waals surface area contributed by atoms with Crippen molar-refractivity contribution in [3.63, 3.8) is 0 Å². The second-order valence-electron chi connectivity index (χ2n) is 6.08. The lowest BCUT2D eigenvalue weighted by Gasteiger charge is -2.24. The smallest absolute Gasteiger partial charge is 0.264 e. The number of sulfonamides is 1. The van der Waals surface area contributed by atoms with Gasteiger partial charge in [0, 0.05) is 0 Å². The molecule has 0 saturated heterocycles. The number of rotatable bonds is 7. The third-order valence-corrected chi connectivity index (χ3v) is 5.44. The van der Waals surface area contributed by atoms with Gasteiger partial charge in [0.15, 0.2) is 0 Å². The number of hydroxylamine groups is 1. The van der Waals surface area contributed by atoms with E-state index < -0.39 is 28.1 Å². The van der Waals surface area contributed by atoms with Crippen LogP contribution in [0.3, 0.4) is 0 Å². The summed E-state index contributed by atoms with van der Waals surface area (Å²) in [5.74, 6) is -1.03. The first kappa shape index (κ1) is 19.6. The Balaban J connectivity index is 3.07. The van der Waals surface area contributed by atoms with E-state index in [1.165, 1.54) is 24.5 Å². The summed E-state index contributed by atoms with van der Waals surface area (Å²) in [5, 5.41) is 18.1. The summed E-state index contributed by atoms with van der Waals surface area (Å²) in [7, 11) is -4.01. The van der Waals surface area contributed by atoms with Gasteiger partial charge in [-0.15, -0.1) is 0 Å². The van der Waals surface area contributed by atoms with E-state index in [-0.39, 0.29) is 10.3 Å². The number of aliphatic hydroxyl groups is 1. The molecule has 1 aromatic carbocycles. The number of carbonyl (C=O) groups excluding carboxylic acids is 1. The molecule has 1 aromatic rings. The largest absolute Gasteiger partial charge is 0.391 e. The Kier molecular flexibility index (Phi) is 6.29. The lowest BCUT2D eigenvalue weighted by atomic mass is 9.82. The highest BCUT2D eigenvalue weighted by Crippen LogP contribution is 2.27. The highest BCUT2D eigenvalue weighted by atomic mass is 32.2. The Hall–Kier alpha value is -1.48. The summed E-state index contributed by atoms with van der Waals surface area (Å²) in [4.78, 5) is 11.4. The van der Waals surface area contributed by atoms with E-state index in [0.29, 0.717) is 0 Å². The van der Waals surface area contributed by atoms with Gasteiger partial charge in [0.2, 0.25) is 10.0 Å². The van der Waals surface area contributed by atoms with Crippen LogP contribution in [0.5, 0.6) is 0 Å². The molecule has 1 amide bonds. The summed E-state index contributed by atoms with van der Waals surface area (Å²) >= 11 is 0. The maximum absolute atomic E-state index is 12.3. The van der Waals surface area contributed by atoms with Gasteiger partial charge in [-0.2, -0.15) is 4.72 Å². The molecule has 0 heterocycles. The van der Waals surface area contributed by atoms with E-state index in [4.69, 9.17) is 5.21 Å². The minimum Gasteiger partial charge on any atom is -0.391 e. The molecule has 2 unspecified atom stereocenters. The van der Waals surface area contributed by atoms with Crippen LogP contribution in [0.25, 0.3) is 0 Å². The van der Waals surface area contributed by atoms with Crippen molar-refractivity contribution in [1.29, 1.82) is 0 Å². The van der Waals surface area contributed by atoms with Gasteiger partial charge in [-0.05, 0) is 36.5 Å². The molecule has 130 valence electrons. The maximum atomic E-state index is 12.3. The van der Waals surface area contributed by atoms with Gasteiger partial charge in [-0.1, -0.05) is 32.9 Å². The van der Waals surface area contributed by atoms with E-state index in [1.807, 2.05) is 6.92 Å². The number of amides is 1. The van der Waals surface area contributed by atoms with Crippen LogP contribution >= 0.6 is 0 Å². The van der Waals surface area contributed by atoms with Crippen molar-refractivity contribution in [2.24, 2.45) is 0 Å². The van der Waals surface area contributed by atoms with Gasteiger partial charge in [-0.25, -0.2) is 13.9 Å². The average Bonchev–Trinajstić information content (AvgIpc) is 2.51. The fourth-order valence-electron chi connectivity index (χ4n) is 1.97. The SMILES string of the molecule is CCC(C)(C)c1ccc(S(=O)(=O)NC(C(=O)NO)C(C)O)cc1. The van der Waals surface area contributed by atoms with Crippen LogP contribution in [0.1, 0.15) is 39.7 Å². The molecule has 0 spiro atoms. The first-order chi connectivity index (χ1) is 10.5. The lowest BCUT2D eigenvalue weighted by molar-refractivity contribution is -0.133. The Morgan fingerprint density at radius 1 is 1.26 bits per heavy atom. The second kappa shape index (κ2) is 7.39. The summed E-state index contributed by atoms with van der Waals surface area (Å²) in [6.45, 7) is 7.41. The molecule has 23 heavy (non-hydrogen) atoms. The first-order valence-electron chi connectivity index (χ1n) is 7.30. The van der Waals surface area contributed by atoms with Gasteiger partial charge in [0.25, 0.3) is 5.91 Å². The molecule has 0 radical (unpaired) electrons.